The van der Waals surface area contributed by atoms with Gasteiger partial charge < -0.3 is 14.3 Å². The smallest absolute Gasteiger partial charge is 0.261 e. The molecular weight excluding hydrogens is 320 g/mol. The molecule has 120 valence electrons. The molecule has 0 saturated carbocycles. The third-order valence-corrected chi connectivity index (χ3v) is 3.56. The third kappa shape index (κ3) is 3.79. The van der Waals surface area contributed by atoms with Crippen LogP contribution in [0.25, 0.3) is 10.9 Å². The Kier molecular flexibility index (Phi) is 4.76. The highest BCUT2D eigenvalue weighted by atomic mass is 35.5. The number of hydrogen-bond donors (Lipinski definition) is 1. The third-order valence-electron chi connectivity index (χ3n) is 3.33. The van der Waals surface area contributed by atoms with E-state index in [-0.39, 0.29) is 25.3 Å². The molecule has 0 saturated heterocycles. The Morgan fingerprint density at radius 3 is 3.04 bits per heavy atom. The second-order valence-electron chi connectivity index (χ2n) is 5.11. The molecule has 2 aromatic heterocycles. The first-order valence-corrected chi connectivity index (χ1v) is 7.44. The van der Waals surface area contributed by atoms with Gasteiger partial charge in [-0.05, 0) is 30.3 Å². The van der Waals surface area contributed by atoms with Gasteiger partial charge in [-0.3, -0.25) is 9.36 Å². The van der Waals surface area contributed by atoms with Crippen molar-refractivity contribution in [2.24, 2.45) is 0 Å². The summed E-state index contributed by atoms with van der Waals surface area (Å²) in [6, 6.07) is 8.49. The average Bonchev–Trinajstić information content (AvgIpc) is 3.04. The summed E-state index contributed by atoms with van der Waals surface area (Å²) in [5.41, 5.74) is 0.321. The Morgan fingerprint density at radius 2 is 2.26 bits per heavy atom. The lowest BCUT2D eigenvalue weighted by Crippen LogP contribution is -2.29. The van der Waals surface area contributed by atoms with E-state index in [0.717, 1.165) is 0 Å². The van der Waals surface area contributed by atoms with Gasteiger partial charge in [0.1, 0.15) is 12.4 Å². The van der Waals surface area contributed by atoms with Crippen LogP contribution >= 0.6 is 11.6 Å². The van der Waals surface area contributed by atoms with E-state index >= 15 is 0 Å². The second-order valence-corrected chi connectivity index (χ2v) is 5.55. The molecule has 3 rings (SSSR count). The molecule has 3 aromatic rings. The first-order valence-electron chi connectivity index (χ1n) is 7.06. The summed E-state index contributed by atoms with van der Waals surface area (Å²) in [5.74, 6) is 0.677. The molecule has 0 aliphatic rings. The van der Waals surface area contributed by atoms with Gasteiger partial charge >= 0.3 is 0 Å². The standard InChI is InChI=1S/C16H15ClN2O4/c17-11-3-4-15-14(6-11)16(21)19(10-18-15)7-12(20)8-22-9-13-2-1-5-23-13/h1-6,10,12,20H,7-9H2/t12-/m1/s1. The number of nitrogens with zero attached hydrogens (tertiary/aromatic N) is 2. The van der Waals surface area contributed by atoms with E-state index in [2.05, 4.69) is 4.98 Å². The van der Waals surface area contributed by atoms with Crippen molar-refractivity contribution in [3.63, 3.8) is 0 Å². The van der Waals surface area contributed by atoms with Gasteiger partial charge in [-0.1, -0.05) is 11.6 Å². The molecule has 0 bridgehead atoms. The number of aliphatic hydroxyl groups excluding tert-OH is 1. The zero-order chi connectivity index (χ0) is 16.2. The quantitative estimate of drug-likeness (QED) is 0.748. The Hall–Kier alpha value is -2.15. The van der Waals surface area contributed by atoms with E-state index in [9.17, 15) is 9.90 Å². The fourth-order valence-electron chi connectivity index (χ4n) is 2.23. The second kappa shape index (κ2) is 6.95. The lowest BCUT2D eigenvalue weighted by Gasteiger charge is -2.13. The zero-order valence-electron chi connectivity index (χ0n) is 12.2. The van der Waals surface area contributed by atoms with E-state index in [1.807, 2.05) is 0 Å². The molecule has 0 unspecified atom stereocenters. The van der Waals surface area contributed by atoms with Gasteiger partial charge in [0, 0.05) is 5.02 Å². The maximum atomic E-state index is 12.4. The lowest BCUT2D eigenvalue weighted by molar-refractivity contribution is 0.0142. The van der Waals surface area contributed by atoms with Crippen molar-refractivity contribution in [3.05, 3.63) is 64.1 Å². The number of benzene rings is 1. The summed E-state index contributed by atoms with van der Waals surface area (Å²) < 4.78 is 11.8. The minimum absolute atomic E-state index is 0.0841. The summed E-state index contributed by atoms with van der Waals surface area (Å²) in [6.45, 7) is 0.442. The molecule has 7 heteroatoms. The van der Waals surface area contributed by atoms with Crippen LogP contribution in [0.4, 0.5) is 0 Å². The fourth-order valence-corrected chi connectivity index (χ4v) is 2.40. The molecule has 1 N–H and O–H groups in total. The van der Waals surface area contributed by atoms with Crippen molar-refractivity contribution in [1.82, 2.24) is 9.55 Å². The minimum atomic E-state index is -0.832. The number of aliphatic hydroxyl groups is 1. The molecule has 6 nitrogen and oxygen atoms in total. The number of furan rings is 1. The van der Waals surface area contributed by atoms with Gasteiger partial charge in [-0.15, -0.1) is 0 Å². The molecular formula is C16H15ClN2O4. The largest absolute Gasteiger partial charge is 0.467 e. The molecule has 0 spiro atoms. The highest BCUT2D eigenvalue weighted by Crippen LogP contribution is 2.14. The van der Waals surface area contributed by atoms with Crippen LogP contribution in [0.15, 0.2) is 52.1 Å². The predicted molar refractivity (Wildman–Crippen MR) is 85.4 cm³/mol. The van der Waals surface area contributed by atoms with Crippen LogP contribution in [0, 0.1) is 0 Å². The summed E-state index contributed by atoms with van der Waals surface area (Å²) in [5, 5.41) is 10.9. The zero-order valence-corrected chi connectivity index (χ0v) is 12.9. The fraction of sp³-hybridized carbons (Fsp3) is 0.250. The molecule has 23 heavy (non-hydrogen) atoms. The predicted octanol–water partition coefficient (Wildman–Crippen LogP) is 2.22. The molecule has 0 aliphatic heterocycles. The van der Waals surface area contributed by atoms with Gasteiger partial charge in [-0.25, -0.2) is 4.98 Å². The topological polar surface area (TPSA) is 77.5 Å². The number of halogens is 1. The van der Waals surface area contributed by atoms with Gasteiger partial charge in [0.2, 0.25) is 0 Å². The van der Waals surface area contributed by atoms with Crippen LogP contribution in [0.2, 0.25) is 5.02 Å². The summed E-state index contributed by atoms with van der Waals surface area (Å²) in [4.78, 5) is 16.6. The maximum absolute atomic E-state index is 12.4. The molecule has 0 aliphatic carbocycles. The number of ether oxygens (including phenoxy) is 1. The van der Waals surface area contributed by atoms with Crippen molar-refractivity contribution in [2.45, 2.75) is 19.3 Å². The van der Waals surface area contributed by atoms with Crippen LogP contribution in [0.1, 0.15) is 5.76 Å². The van der Waals surface area contributed by atoms with E-state index in [0.29, 0.717) is 21.7 Å². The molecule has 1 atom stereocenters. The molecule has 0 amide bonds. The number of hydrogen-bond acceptors (Lipinski definition) is 5. The van der Waals surface area contributed by atoms with Crippen molar-refractivity contribution >= 4 is 22.5 Å². The maximum Gasteiger partial charge on any atom is 0.261 e. The van der Waals surface area contributed by atoms with Crippen LogP contribution in [-0.4, -0.2) is 27.4 Å². The molecule has 2 heterocycles. The van der Waals surface area contributed by atoms with Crippen molar-refractivity contribution in [2.75, 3.05) is 6.61 Å². The number of rotatable bonds is 6. The molecule has 1 aromatic carbocycles. The van der Waals surface area contributed by atoms with Crippen molar-refractivity contribution in [3.8, 4) is 0 Å². The highest BCUT2D eigenvalue weighted by molar-refractivity contribution is 6.31. The van der Waals surface area contributed by atoms with Crippen molar-refractivity contribution in [1.29, 1.82) is 0 Å². The van der Waals surface area contributed by atoms with E-state index < -0.39 is 6.10 Å². The monoisotopic (exact) mass is 334 g/mol. The Morgan fingerprint density at radius 1 is 1.39 bits per heavy atom. The first kappa shape index (κ1) is 15.7. The number of aromatic nitrogens is 2. The normalized spacial score (nSPS) is 12.6. The Bertz CT molecular complexity index is 845. The van der Waals surface area contributed by atoms with Crippen molar-refractivity contribution < 1.29 is 14.3 Å². The summed E-state index contributed by atoms with van der Waals surface area (Å²) >= 11 is 5.91. The SMILES string of the molecule is O=c1c2cc(Cl)ccc2ncn1C[C@@H](O)COCc1ccco1. The molecule has 0 fully saturated rings. The van der Waals surface area contributed by atoms with E-state index in [1.165, 1.54) is 10.9 Å². The number of fused-ring (bicyclic) bond motifs is 1. The summed E-state index contributed by atoms with van der Waals surface area (Å²) in [6.07, 6.45) is 2.13. The van der Waals surface area contributed by atoms with Crippen LogP contribution in [-0.2, 0) is 17.9 Å². The van der Waals surface area contributed by atoms with E-state index in [4.69, 9.17) is 20.8 Å². The lowest BCUT2D eigenvalue weighted by atomic mass is 10.2. The van der Waals surface area contributed by atoms with Crippen LogP contribution < -0.4 is 5.56 Å². The van der Waals surface area contributed by atoms with Gasteiger partial charge in [0.15, 0.2) is 0 Å². The van der Waals surface area contributed by atoms with Crippen LogP contribution in [0.5, 0.6) is 0 Å². The van der Waals surface area contributed by atoms with E-state index in [1.54, 1.807) is 36.6 Å². The average molecular weight is 335 g/mol. The minimum Gasteiger partial charge on any atom is -0.467 e. The highest BCUT2D eigenvalue weighted by Gasteiger charge is 2.10. The Balaban J connectivity index is 1.66. The van der Waals surface area contributed by atoms with Crippen LogP contribution in [0.3, 0.4) is 0 Å². The Labute approximate surface area is 136 Å². The van der Waals surface area contributed by atoms with Gasteiger partial charge in [0.25, 0.3) is 5.56 Å². The van der Waals surface area contributed by atoms with Gasteiger partial charge in [-0.2, -0.15) is 0 Å². The molecule has 0 radical (unpaired) electrons. The van der Waals surface area contributed by atoms with Gasteiger partial charge in [0.05, 0.1) is 42.7 Å². The summed E-state index contributed by atoms with van der Waals surface area (Å²) in [7, 11) is 0. The first-order chi connectivity index (χ1) is 11.1.